The van der Waals surface area contributed by atoms with Crippen molar-refractivity contribution in [3.8, 4) is 5.75 Å². The van der Waals surface area contributed by atoms with Crippen LogP contribution in [0.2, 0.25) is 0 Å². The fourth-order valence-corrected chi connectivity index (χ4v) is 1.84. The van der Waals surface area contributed by atoms with Crippen molar-refractivity contribution in [1.82, 2.24) is 9.78 Å². The van der Waals surface area contributed by atoms with Crippen LogP contribution in [0.25, 0.3) is 0 Å². The van der Waals surface area contributed by atoms with E-state index in [2.05, 4.69) is 5.10 Å². The van der Waals surface area contributed by atoms with E-state index in [9.17, 15) is 4.79 Å². The number of hydrogen-bond acceptors (Lipinski definition) is 4. The Morgan fingerprint density at radius 3 is 2.63 bits per heavy atom. The number of carbonyl (C=O) groups excluding carboxylic acids is 1. The SMILES string of the molecule is CCOC(=O)C(c1ccc(OC)cc1)n1cccn1. The van der Waals surface area contributed by atoms with Crippen molar-refractivity contribution in [2.45, 2.75) is 13.0 Å². The highest BCUT2D eigenvalue weighted by Crippen LogP contribution is 2.22. The summed E-state index contributed by atoms with van der Waals surface area (Å²) < 4.78 is 11.8. The largest absolute Gasteiger partial charge is 0.497 e. The molecule has 1 atom stereocenters. The highest BCUT2D eigenvalue weighted by atomic mass is 16.5. The first-order chi connectivity index (χ1) is 9.26. The lowest BCUT2D eigenvalue weighted by molar-refractivity contribution is -0.146. The van der Waals surface area contributed by atoms with E-state index in [-0.39, 0.29) is 5.97 Å². The van der Waals surface area contributed by atoms with Crippen molar-refractivity contribution in [3.63, 3.8) is 0 Å². The average Bonchev–Trinajstić information content (AvgIpc) is 2.94. The Hall–Kier alpha value is -2.30. The summed E-state index contributed by atoms with van der Waals surface area (Å²) in [7, 11) is 1.60. The summed E-state index contributed by atoms with van der Waals surface area (Å²) in [5.41, 5.74) is 0.808. The van der Waals surface area contributed by atoms with Gasteiger partial charge >= 0.3 is 5.97 Å². The molecule has 0 bridgehead atoms. The molecule has 1 aromatic heterocycles. The van der Waals surface area contributed by atoms with Crippen LogP contribution >= 0.6 is 0 Å². The van der Waals surface area contributed by atoms with Crippen LogP contribution in [0.15, 0.2) is 42.7 Å². The molecule has 19 heavy (non-hydrogen) atoms. The summed E-state index contributed by atoms with van der Waals surface area (Å²) in [6.07, 6.45) is 3.38. The molecule has 5 heteroatoms. The predicted octanol–water partition coefficient (Wildman–Crippen LogP) is 2.04. The Kier molecular flexibility index (Phi) is 4.18. The van der Waals surface area contributed by atoms with Gasteiger partial charge in [-0.3, -0.25) is 4.68 Å². The molecule has 1 heterocycles. The summed E-state index contributed by atoms with van der Waals surface area (Å²) in [5.74, 6) is 0.420. The van der Waals surface area contributed by atoms with Gasteiger partial charge in [-0.1, -0.05) is 12.1 Å². The number of aromatic nitrogens is 2. The van der Waals surface area contributed by atoms with Gasteiger partial charge in [0.2, 0.25) is 0 Å². The van der Waals surface area contributed by atoms with E-state index < -0.39 is 6.04 Å². The third kappa shape index (κ3) is 2.93. The summed E-state index contributed by atoms with van der Waals surface area (Å²) >= 11 is 0. The van der Waals surface area contributed by atoms with Crippen molar-refractivity contribution >= 4 is 5.97 Å². The molecule has 0 aliphatic rings. The second kappa shape index (κ2) is 6.04. The molecule has 1 aromatic carbocycles. The molecule has 0 amide bonds. The van der Waals surface area contributed by atoms with Crippen LogP contribution in [0.1, 0.15) is 18.5 Å². The molecule has 0 spiro atoms. The smallest absolute Gasteiger partial charge is 0.335 e. The monoisotopic (exact) mass is 260 g/mol. The first-order valence-corrected chi connectivity index (χ1v) is 6.06. The minimum Gasteiger partial charge on any atom is -0.497 e. The van der Waals surface area contributed by atoms with Gasteiger partial charge in [0, 0.05) is 12.4 Å². The molecule has 0 fully saturated rings. The second-order valence-electron chi connectivity index (χ2n) is 3.91. The van der Waals surface area contributed by atoms with Crippen molar-refractivity contribution in [2.24, 2.45) is 0 Å². The van der Waals surface area contributed by atoms with E-state index in [0.717, 1.165) is 11.3 Å². The highest BCUT2D eigenvalue weighted by Gasteiger charge is 2.24. The van der Waals surface area contributed by atoms with E-state index in [4.69, 9.17) is 9.47 Å². The van der Waals surface area contributed by atoms with Gasteiger partial charge in [0.15, 0.2) is 6.04 Å². The number of esters is 1. The van der Waals surface area contributed by atoms with Gasteiger partial charge in [-0.15, -0.1) is 0 Å². The van der Waals surface area contributed by atoms with Crippen molar-refractivity contribution < 1.29 is 14.3 Å². The maximum atomic E-state index is 12.1. The van der Waals surface area contributed by atoms with E-state index in [1.165, 1.54) is 0 Å². The van der Waals surface area contributed by atoms with Gasteiger partial charge in [-0.25, -0.2) is 4.79 Å². The van der Waals surface area contributed by atoms with Crippen LogP contribution in [-0.2, 0) is 9.53 Å². The summed E-state index contributed by atoms with van der Waals surface area (Å²) in [5, 5.41) is 4.12. The van der Waals surface area contributed by atoms with Gasteiger partial charge in [-0.05, 0) is 30.7 Å². The highest BCUT2D eigenvalue weighted by molar-refractivity contribution is 5.78. The summed E-state index contributed by atoms with van der Waals surface area (Å²) in [6, 6.07) is 8.50. The Labute approximate surface area is 111 Å². The molecular weight excluding hydrogens is 244 g/mol. The number of carbonyl (C=O) groups is 1. The molecule has 1 unspecified atom stereocenters. The van der Waals surface area contributed by atoms with Crippen LogP contribution in [0.5, 0.6) is 5.75 Å². The number of hydrogen-bond donors (Lipinski definition) is 0. The molecular formula is C14H16N2O3. The van der Waals surface area contributed by atoms with E-state index in [1.54, 1.807) is 37.2 Å². The van der Waals surface area contributed by atoms with Crippen LogP contribution in [0.3, 0.4) is 0 Å². The molecule has 0 aliphatic heterocycles. The fraction of sp³-hybridized carbons (Fsp3) is 0.286. The maximum absolute atomic E-state index is 12.1. The summed E-state index contributed by atoms with van der Waals surface area (Å²) in [6.45, 7) is 2.12. The molecule has 0 radical (unpaired) electrons. The van der Waals surface area contributed by atoms with Crippen LogP contribution in [0.4, 0.5) is 0 Å². The van der Waals surface area contributed by atoms with Crippen molar-refractivity contribution in [1.29, 1.82) is 0 Å². The first kappa shape index (κ1) is 13.1. The Bertz CT molecular complexity index is 520. The van der Waals surface area contributed by atoms with Gasteiger partial charge in [0.05, 0.1) is 13.7 Å². The Balaban J connectivity index is 2.33. The van der Waals surface area contributed by atoms with E-state index >= 15 is 0 Å². The molecule has 0 saturated carbocycles. The lowest BCUT2D eigenvalue weighted by Crippen LogP contribution is -2.23. The molecule has 2 rings (SSSR count). The second-order valence-corrected chi connectivity index (χ2v) is 3.91. The zero-order valence-electron chi connectivity index (χ0n) is 10.9. The standard InChI is InChI=1S/C14H16N2O3/c1-3-19-14(17)13(16-10-4-9-15-16)11-5-7-12(18-2)8-6-11/h4-10,13H,3H2,1-2H3. The summed E-state index contributed by atoms with van der Waals surface area (Å²) in [4.78, 5) is 12.1. The van der Waals surface area contributed by atoms with E-state index in [1.807, 2.05) is 24.3 Å². The van der Waals surface area contributed by atoms with E-state index in [0.29, 0.717) is 6.61 Å². The predicted molar refractivity (Wildman–Crippen MR) is 70.0 cm³/mol. The average molecular weight is 260 g/mol. The molecule has 0 saturated heterocycles. The molecule has 100 valence electrons. The van der Waals surface area contributed by atoms with Crippen molar-refractivity contribution in [3.05, 3.63) is 48.3 Å². The first-order valence-electron chi connectivity index (χ1n) is 6.06. The number of ether oxygens (including phenoxy) is 2. The minimum absolute atomic E-state index is 0.323. The number of benzene rings is 1. The quantitative estimate of drug-likeness (QED) is 0.772. The zero-order valence-corrected chi connectivity index (χ0v) is 10.9. The van der Waals surface area contributed by atoms with Gasteiger partial charge in [-0.2, -0.15) is 5.10 Å². The van der Waals surface area contributed by atoms with Crippen molar-refractivity contribution in [2.75, 3.05) is 13.7 Å². The van der Waals surface area contributed by atoms with Gasteiger partial charge in [0.1, 0.15) is 5.75 Å². The lowest BCUT2D eigenvalue weighted by Gasteiger charge is -2.16. The van der Waals surface area contributed by atoms with Crippen LogP contribution in [0, 0.1) is 0 Å². The topological polar surface area (TPSA) is 53.4 Å². The molecule has 0 aliphatic carbocycles. The third-order valence-corrected chi connectivity index (χ3v) is 2.73. The van der Waals surface area contributed by atoms with Crippen LogP contribution < -0.4 is 4.74 Å². The molecule has 2 aromatic rings. The normalized spacial score (nSPS) is 11.9. The van der Waals surface area contributed by atoms with Gasteiger partial charge in [0.25, 0.3) is 0 Å². The zero-order chi connectivity index (χ0) is 13.7. The molecule has 0 N–H and O–H groups in total. The number of nitrogens with zero attached hydrogens (tertiary/aromatic N) is 2. The Morgan fingerprint density at radius 1 is 1.37 bits per heavy atom. The van der Waals surface area contributed by atoms with Gasteiger partial charge < -0.3 is 9.47 Å². The minimum atomic E-state index is -0.569. The lowest BCUT2D eigenvalue weighted by atomic mass is 10.1. The third-order valence-electron chi connectivity index (χ3n) is 2.73. The van der Waals surface area contributed by atoms with Crippen LogP contribution in [-0.4, -0.2) is 29.5 Å². The number of methoxy groups -OCH3 is 1. The maximum Gasteiger partial charge on any atom is 0.335 e. The molecule has 5 nitrogen and oxygen atoms in total. The Morgan fingerprint density at radius 2 is 2.11 bits per heavy atom. The number of rotatable bonds is 5. The fourth-order valence-electron chi connectivity index (χ4n) is 1.84.